The summed E-state index contributed by atoms with van der Waals surface area (Å²) in [5.74, 6) is 0.502. The monoisotopic (exact) mass is 387 g/mol. The van der Waals surface area contributed by atoms with Crippen molar-refractivity contribution < 1.29 is 19.1 Å². The van der Waals surface area contributed by atoms with Crippen LogP contribution >= 0.6 is 0 Å². The molecule has 1 amide bonds. The molecule has 154 valence electrons. The van der Waals surface area contributed by atoms with Gasteiger partial charge in [-0.25, -0.2) is 0 Å². The fourth-order valence-electron chi connectivity index (χ4n) is 3.64. The van der Waals surface area contributed by atoms with Gasteiger partial charge in [0.15, 0.2) is 0 Å². The van der Waals surface area contributed by atoms with E-state index in [1.165, 1.54) is 26.4 Å². The summed E-state index contributed by atoms with van der Waals surface area (Å²) in [6.07, 6.45) is 11.7. The molecule has 0 aromatic heterocycles. The highest BCUT2D eigenvalue weighted by Crippen LogP contribution is 2.22. The molecule has 5 nitrogen and oxygen atoms in total. The van der Waals surface area contributed by atoms with E-state index >= 15 is 0 Å². The number of benzene rings is 1. The third-order valence-corrected chi connectivity index (χ3v) is 5.19. The minimum atomic E-state index is -0.279. The predicted octanol–water partition coefficient (Wildman–Crippen LogP) is 4.60. The van der Waals surface area contributed by atoms with Crippen LogP contribution in [0.25, 0.3) is 6.08 Å². The lowest BCUT2D eigenvalue weighted by Gasteiger charge is -2.32. The number of rotatable bonds is 8. The van der Waals surface area contributed by atoms with E-state index in [9.17, 15) is 9.59 Å². The number of ether oxygens (including phenoxy) is 2. The molecular formula is C23H33NO4. The smallest absolute Gasteiger partial charge is 0.307 e. The van der Waals surface area contributed by atoms with Crippen LogP contribution in [0, 0.1) is 0 Å². The van der Waals surface area contributed by atoms with Crippen LogP contribution in [0.1, 0.15) is 63.9 Å². The molecule has 0 aliphatic heterocycles. The summed E-state index contributed by atoms with van der Waals surface area (Å²) in [4.78, 5) is 26.4. The normalized spacial score (nSPS) is 15.6. The maximum Gasteiger partial charge on any atom is 0.307 e. The Kier molecular flexibility index (Phi) is 9.60. The quantitative estimate of drug-likeness (QED) is 0.483. The Morgan fingerprint density at radius 2 is 1.71 bits per heavy atom. The molecule has 1 saturated carbocycles. The van der Waals surface area contributed by atoms with Crippen molar-refractivity contribution in [2.75, 3.05) is 20.3 Å². The van der Waals surface area contributed by atoms with Crippen LogP contribution in [-0.2, 0) is 14.3 Å². The fourth-order valence-corrected chi connectivity index (χ4v) is 3.64. The van der Waals surface area contributed by atoms with Crippen molar-refractivity contribution in [2.24, 2.45) is 0 Å². The molecule has 2 rings (SSSR count). The summed E-state index contributed by atoms with van der Waals surface area (Å²) in [6, 6.07) is 7.87. The van der Waals surface area contributed by atoms with E-state index in [4.69, 9.17) is 9.47 Å². The topological polar surface area (TPSA) is 55.8 Å². The van der Waals surface area contributed by atoms with E-state index in [0.717, 1.165) is 37.0 Å². The second kappa shape index (κ2) is 12.2. The van der Waals surface area contributed by atoms with Crippen molar-refractivity contribution in [3.05, 3.63) is 35.9 Å². The Morgan fingerprint density at radius 1 is 1.07 bits per heavy atom. The molecule has 0 atom stereocenters. The molecule has 1 aliphatic rings. The number of hydrogen-bond acceptors (Lipinski definition) is 4. The van der Waals surface area contributed by atoms with Gasteiger partial charge in [0.2, 0.25) is 5.91 Å². The summed E-state index contributed by atoms with van der Waals surface area (Å²) in [7, 11) is 1.39. The minimum Gasteiger partial charge on any atom is -0.494 e. The number of carbonyl (C=O) groups is 2. The Morgan fingerprint density at radius 3 is 2.32 bits per heavy atom. The third-order valence-electron chi connectivity index (χ3n) is 5.19. The molecular weight excluding hydrogens is 354 g/mol. The highest BCUT2D eigenvalue weighted by molar-refractivity contribution is 5.92. The lowest BCUT2D eigenvalue weighted by atomic mass is 9.95. The molecule has 0 saturated heterocycles. The van der Waals surface area contributed by atoms with Crippen LogP contribution in [-0.4, -0.2) is 43.1 Å². The Bertz CT molecular complexity index is 631. The third kappa shape index (κ3) is 7.37. The van der Waals surface area contributed by atoms with Crippen molar-refractivity contribution in [1.82, 2.24) is 4.90 Å². The Hall–Kier alpha value is -2.30. The Labute approximate surface area is 168 Å². The van der Waals surface area contributed by atoms with E-state index in [1.807, 2.05) is 42.2 Å². The molecule has 0 N–H and O–H groups in total. The number of amides is 1. The first-order chi connectivity index (χ1) is 13.6. The zero-order chi connectivity index (χ0) is 20.2. The second-order valence-corrected chi connectivity index (χ2v) is 7.19. The van der Waals surface area contributed by atoms with Gasteiger partial charge in [-0.1, -0.05) is 44.2 Å². The predicted molar refractivity (Wildman–Crippen MR) is 111 cm³/mol. The van der Waals surface area contributed by atoms with Crippen molar-refractivity contribution in [3.63, 3.8) is 0 Å². The first kappa shape index (κ1) is 22.0. The number of carbonyl (C=O) groups excluding carboxylic acids is 2. The number of hydrogen-bond donors (Lipinski definition) is 0. The molecule has 0 heterocycles. The molecule has 1 fully saturated rings. The molecule has 5 heteroatoms. The van der Waals surface area contributed by atoms with Gasteiger partial charge in [-0.2, -0.15) is 0 Å². The van der Waals surface area contributed by atoms with Crippen LogP contribution in [0.15, 0.2) is 30.3 Å². The van der Waals surface area contributed by atoms with Crippen LogP contribution in [0.5, 0.6) is 5.75 Å². The lowest BCUT2D eigenvalue weighted by molar-refractivity contribution is -0.141. The first-order valence-electron chi connectivity index (χ1n) is 10.4. The maximum atomic E-state index is 12.9. The van der Waals surface area contributed by atoms with E-state index in [2.05, 4.69) is 0 Å². The molecule has 1 aromatic carbocycles. The van der Waals surface area contributed by atoms with Crippen LogP contribution in [0.4, 0.5) is 0 Å². The molecule has 0 radical (unpaired) electrons. The lowest BCUT2D eigenvalue weighted by Crippen LogP contribution is -2.41. The highest BCUT2D eigenvalue weighted by Gasteiger charge is 2.23. The molecule has 28 heavy (non-hydrogen) atoms. The average molecular weight is 388 g/mol. The van der Waals surface area contributed by atoms with Crippen molar-refractivity contribution in [3.8, 4) is 5.75 Å². The molecule has 1 aromatic rings. The molecule has 0 unspecified atom stereocenters. The Balaban J connectivity index is 2.06. The molecule has 1 aliphatic carbocycles. The summed E-state index contributed by atoms with van der Waals surface area (Å²) in [6.45, 7) is 2.98. The van der Waals surface area contributed by atoms with Gasteiger partial charge in [-0.15, -0.1) is 0 Å². The number of methoxy groups -OCH3 is 1. The minimum absolute atomic E-state index is 0.0386. The summed E-state index contributed by atoms with van der Waals surface area (Å²) in [5.41, 5.74) is 0.947. The SMILES string of the molecule is CCOc1ccc(/C=C/C(=O)N(CCC(=O)OC)C2CCCCCCC2)cc1. The van der Waals surface area contributed by atoms with E-state index in [-0.39, 0.29) is 24.3 Å². The fraction of sp³-hybridized carbons (Fsp3) is 0.565. The van der Waals surface area contributed by atoms with Crippen molar-refractivity contribution in [2.45, 2.75) is 64.3 Å². The zero-order valence-corrected chi connectivity index (χ0v) is 17.2. The van der Waals surface area contributed by atoms with Gasteiger partial charge in [0.05, 0.1) is 20.1 Å². The summed E-state index contributed by atoms with van der Waals surface area (Å²) < 4.78 is 10.2. The van der Waals surface area contributed by atoms with Gasteiger partial charge < -0.3 is 14.4 Å². The van der Waals surface area contributed by atoms with Crippen molar-refractivity contribution in [1.29, 1.82) is 0 Å². The largest absolute Gasteiger partial charge is 0.494 e. The van der Waals surface area contributed by atoms with E-state index < -0.39 is 0 Å². The number of nitrogens with zero attached hydrogens (tertiary/aromatic N) is 1. The van der Waals surface area contributed by atoms with Gasteiger partial charge in [0, 0.05) is 18.7 Å². The van der Waals surface area contributed by atoms with Crippen LogP contribution in [0.3, 0.4) is 0 Å². The van der Waals surface area contributed by atoms with Gasteiger partial charge in [-0.05, 0) is 43.5 Å². The molecule has 0 spiro atoms. The van der Waals surface area contributed by atoms with Crippen molar-refractivity contribution >= 4 is 18.0 Å². The number of esters is 1. The van der Waals surface area contributed by atoms with Crippen LogP contribution < -0.4 is 4.74 Å². The second-order valence-electron chi connectivity index (χ2n) is 7.19. The summed E-state index contributed by atoms with van der Waals surface area (Å²) in [5, 5.41) is 0. The highest BCUT2D eigenvalue weighted by atomic mass is 16.5. The van der Waals surface area contributed by atoms with Crippen LogP contribution in [0.2, 0.25) is 0 Å². The van der Waals surface area contributed by atoms with Gasteiger partial charge >= 0.3 is 5.97 Å². The van der Waals surface area contributed by atoms with Gasteiger partial charge in [0.1, 0.15) is 5.75 Å². The van der Waals surface area contributed by atoms with E-state index in [1.54, 1.807) is 6.08 Å². The average Bonchev–Trinajstić information content (AvgIpc) is 2.68. The first-order valence-corrected chi connectivity index (χ1v) is 10.4. The zero-order valence-electron chi connectivity index (χ0n) is 17.2. The summed E-state index contributed by atoms with van der Waals surface area (Å²) >= 11 is 0. The van der Waals surface area contributed by atoms with Gasteiger partial charge in [-0.3, -0.25) is 9.59 Å². The van der Waals surface area contributed by atoms with Gasteiger partial charge in [0.25, 0.3) is 0 Å². The maximum absolute atomic E-state index is 12.9. The molecule has 0 bridgehead atoms. The standard InChI is InChI=1S/C23H33NO4/c1-3-28-21-14-11-19(12-15-21)13-16-22(25)24(18-17-23(26)27-2)20-9-7-5-4-6-8-10-20/h11-16,20H,3-10,17-18H2,1-2H3/b16-13+. The van der Waals surface area contributed by atoms with E-state index in [0.29, 0.717) is 13.2 Å².